The Labute approximate surface area is 134 Å². The van der Waals surface area contributed by atoms with E-state index >= 15 is 0 Å². The van der Waals surface area contributed by atoms with Crippen LogP contribution in [0.4, 0.5) is 0 Å². The number of carbonyl (C=O) groups is 1. The number of fused-ring (bicyclic) bond motifs is 1. The summed E-state index contributed by atoms with van der Waals surface area (Å²) in [4.78, 5) is 21.3. The molecule has 0 radical (unpaired) electrons. The number of hydrogen-bond donors (Lipinski definition) is 0. The number of ether oxygens (including phenoxy) is 1. The molecule has 8 nitrogen and oxygen atoms in total. The van der Waals surface area contributed by atoms with Gasteiger partial charge in [-0.2, -0.15) is 0 Å². The Hall–Kier alpha value is -2.06. The quantitative estimate of drug-likeness (QED) is 0.770. The fourth-order valence-electron chi connectivity index (χ4n) is 3.30. The van der Waals surface area contributed by atoms with E-state index in [0.29, 0.717) is 17.6 Å². The molecule has 8 heteroatoms. The third-order valence-electron chi connectivity index (χ3n) is 4.60. The molecule has 0 saturated carbocycles. The van der Waals surface area contributed by atoms with Gasteiger partial charge < -0.3 is 9.64 Å². The van der Waals surface area contributed by atoms with E-state index in [1.54, 1.807) is 4.40 Å². The third kappa shape index (κ3) is 2.47. The van der Waals surface area contributed by atoms with Gasteiger partial charge in [0.15, 0.2) is 0 Å². The van der Waals surface area contributed by atoms with Crippen LogP contribution in [-0.4, -0.2) is 80.7 Å². The lowest BCUT2D eigenvalue weighted by atomic mass is 10.1. The van der Waals surface area contributed by atoms with E-state index < -0.39 is 0 Å². The van der Waals surface area contributed by atoms with E-state index in [1.807, 2.05) is 24.8 Å². The molecule has 2 aliphatic rings. The molecule has 2 fully saturated rings. The maximum atomic E-state index is 12.7. The maximum Gasteiger partial charge on any atom is 0.292 e. The molecule has 2 aliphatic heterocycles. The van der Waals surface area contributed by atoms with Gasteiger partial charge >= 0.3 is 0 Å². The van der Waals surface area contributed by atoms with Crippen molar-refractivity contribution in [2.45, 2.75) is 19.9 Å². The maximum absolute atomic E-state index is 12.7. The van der Waals surface area contributed by atoms with Gasteiger partial charge in [0.05, 0.1) is 13.2 Å². The van der Waals surface area contributed by atoms with Crippen LogP contribution in [0, 0.1) is 13.8 Å². The first kappa shape index (κ1) is 14.5. The fraction of sp³-hybridized carbons (Fsp3) is 0.600. The predicted octanol–water partition coefficient (Wildman–Crippen LogP) is -0.102. The largest absolute Gasteiger partial charge is 0.379 e. The number of morpholine rings is 1. The molecule has 2 saturated heterocycles. The Morgan fingerprint density at radius 1 is 1.22 bits per heavy atom. The van der Waals surface area contributed by atoms with Crippen LogP contribution < -0.4 is 0 Å². The first-order valence-corrected chi connectivity index (χ1v) is 7.94. The van der Waals surface area contributed by atoms with Crippen LogP contribution >= 0.6 is 0 Å². The summed E-state index contributed by atoms with van der Waals surface area (Å²) in [7, 11) is 0. The second kappa shape index (κ2) is 5.54. The first-order chi connectivity index (χ1) is 11.1. The van der Waals surface area contributed by atoms with E-state index in [1.165, 1.54) is 0 Å². The monoisotopic (exact) mass is 316 g/mol. The highest BCUT2D eigenvalue weighted by atomic mass is 16.5. The topological polar surface area (TPSA) is 75.9 Å². The second-order valence-corrected chi connectivity index (χ2v) is 6.21. The van der Waals surface area contributed by atoms with Crippen molar-refractivity contribution in [3.05, 3.63) is 23.3 Å². The predicted molar refractivity (Wildman–Crippen MR) is 82.3 cm³/mol. The summed E-state index contributed by atoms with van der Waals surface area (Å²) in [5.74, 6) is 0.761. The molecule has 0 unspecified atom stereocenters. The van der Waals surface area contributed by atoms with E-state index in [0.717, 1.165) is 50.8 Å². The van der Waals surface area contributed by atoms with Crippen molar-refractivity contribution in [3.63, 3.8) is 0 Å². The second-order valence-electron chi connectivity index (χ2n) is 6.21. The SMILES string of the molecule is Cc1cc(C)n2c(C(=O)N3CC(N4CCOCC4)C3)nnc2n1. The van der Waals surface area contributed by atoms with Crippen LogP contribution in [-0.2, 0) is 4.74 Å². The highest BCUT2D eigenvalue weighted by Crippen LogP contribution is 2.19. The molecule has 0 bridgehead atoms. The molecule has 0 aliphatic carbocycles. The van der Waals surface area contributed by atoms with E-state index in [2.05, 4.69) is 20.1 Å². The molecule has 2 aromatic rings. The number of hydrogen-bond acceptors (Lipinski definition) is 6. The Morgan fingerprint density at radius 2 is 1.96 bits per heavy atom. The van der Waals surface area contributed by atoms with Crippen LogP contribution in [0.3, 0.4) is 0 Å². The van der Waals surface area contributed by atoms with Crippen molar-refractivity contribution in [1.82, 2.24) is 29.4 Å². The summed E-state index contributed by atoms with van der Waals surface area (Å²) in [6.45, 7) is 8.79. The standard InChI is InChI=1S/C15H20N6O2/c1-10-7-11(2)21-13(17-18-15(21)16-10)14(22)20-8-12(9-20)19-3-5-23-6-4-19/h7,12H,3-6,8-9H2,1-2H3. The van der Waals surface area contributed by atoms with Gasteiger partial charge in [0, 0.05) is 43.6 Å². The Balaban J connectivity index is 1.50. The normalized spacial score (nSPS) is 20.0. The minimum absolute atomic E-state index is 0.0734. The van der Waals surface area contributed by atoms with Gasteiger partial charge in [-0.3, -0.25) is 14.1 Å². The minimum Gasteiger partial charge on any atom is -0.379 e. The van der Waals surface area contributed by atoms with Crippen LogP contribution in [0.1, 0.15) is 22.0 Å². The molecule has 2 aromatic heterocycles. The van der Waals surface area contributed by atoms with Gasteiger partial charge in [-0.15, -0.1) is 10.2 Å². The van der Waals surface area contributed by atoms with E-state index in [-0.39, 0.29) is 5.91 Å². The van der Waals surface area contributed by atoms with Gasteiger partial charge in [-0.1, -0.05) is 0 Å². The summed E-state index contributed by atoms with van der Waals surface area (Å²) >= 11 is 0. The number of rotatable bonds is 2. The molecule has 1 amide bonds. The van der Waals surface area contributed by atoms with Gasteiger partial charge in [0.1, 0.15) is 0 Å². The summed E-state index contributed by atoms with van der Waals surface area (Å²) < 4.78 is 7.11. The number of amides is 1. The third-order valence-corrected chi connectivity index (χ3v) is 4.60. The number of aromatic nitrogens is 4. The van der Waals surface area contributed by atoms with Crippen molar-refractivity contribution in [3.8, 4) is 0 Å². The zero-order chi connectivity index (χ0) is 16.0. The van der Waals surface area contributed by atoms with Crippen molar-refractivity contribution >= 4 is 11.7 Å². The molecule has 0 aromatic carbocycles. The van der Waals surface area contributed by atoms with Crippen LogP contribution in [0.15, 0.2) is 6.07 Å². The molecular weight excluding hydrogens is 296 g/mol. The zero-order valence-electron chi connectivity index (χ0n) is 13.4. The molecule has 0 spiro atoms. The molecule has 4 heterocycles. The summed E-state index contributed by atoms with van der Waals surface area (Å²) in [6, 6.07) is 2.36. The number of likely N-dealkylation sites (tertiary alicyclic amines) is 1. The van der Waals surface area contributed by atoms with Crippen LogP contribution in [0.25, 0.3) is 5.78 Å². The summed E-state index contributed by atoms with van der Waals surface area (Å²) in [5.41, 5.74) is 1.80. The van der Waals surface area contributed by atoms with Crippen molar-refractivity contribution in [2.75, 3.05) is 39.4 Å². The minimum atomic E-state index is -0.0734. The average molecular weight is 316 g/mol. The Morgan fingerprint density at radius 3 is 2.70 bits per heavy atom. The van der Waals surface area contributed by atoms with Gasteiger partial charge in [-0.25, -0.2) is 4.98 Å². The van der Waals surface area contributed by atoms with E-state index in [4.69, 9.17) is 4.74 Å². The van der Waals surface area contributed by atoms with Gasteiger partial charge in [0.2, 0.25) is 5.82 Å². The Kier molecular flexibility index (Phi) is 3.50. The van der Waals surface area contributed by atoms with Crippen LogP contribution in [0.5, 0.6) is 0 Å². The number of aryl methyl sites for hydroxylation is 2. The average Bonchev–Trinajstić information content (AvgIpc) is 2.90. The lowest BCUT2D eigenvalue weighted by Crippen LogP contribution is -2.63. The number of nitrogens with zero attached hydrogens (tertiary/aromatic N) is 6. The fourth-order valence-corrected chi connectivity index (χ4v) is 3.30. The van der Waals surface area contributed by atoms with Crippen LogP contribution in [0.2, 0.25) is 0 Å². The van der Waals surface area contributed by atoms with Crippen molar-refractivity contribution < 1.29 is 9.53 Å². The zero-order valence-corrected chi connectivity index (χ0v) is 13.4. The van der Waals surface area contributed by atoms with Gasteiger partial charge in [-0.05, 0) is 19.9 Å². The highest BCUT2D eigenvalue weighted by molar-refractivity contribution is 5.92. The molecule has 0 N–H and O–H groups in total. The molecule has 4 rings (SSSR count). The molecule has 0 atom stereocenters. The molecule has 23 heavy (non-hydrogen) atoms. The smallest absolute Gasteiger partial charge is 0.292 e. The summed E-state index contributed by atoms with van der Waals surface area (Å²) in [6.07, 6.45) is 0. The number of carbonyl (C=O) groups excluding carboxylic acids is 1. The Bertz CT molecular complexity index is 746. The lowest BCUT2D eigenvalue weighted by molar-refractivity contribution is -0.0259. The summed E-state index contributed by atoms with van der Waals surface area (Å²) in [5, 5.41) is 8.10. The van der Waals surface area contributed by atoms with Crippen molar-refractivity contribution in [1.29, 1.82) is 0 Å². The van der Waals surface area contributed by atoms with Gasteiger partial charge in [0.25, 0.3) is 11.7 Å². The van der Waals surface area contributed by atoms with Crippen molar-refractivity contribution in [2.24, 2.45) is 0 Å². The molecule has 122 valence electrons. The van der Waals surface area contributed by atoms with E-state index in [9.17, 15) is 4.79 Å². The first-order valence-electron chi connectivity index (χ1n) is 7.94. The lowest BCUT2D eigenvalue weighted by Gasteiger charge is -2.46. The molecular formula is C15H20N6O2. The highest BCUT2D eigenvalue weighted by Gasteiger charge is 2.37.